The van der Waals surface area contributed by atoms with Gasteiger partial charge in [0.15, 0.2) is 0 Å². The molecular weight excluding hydrogens is 641 g/mol. The maximum Gasteiger partial charge on any atom is 3.00 e. The Morgan fingerprint density at radius 2 is 0.647 bits per heavy atom. The number of benzene rings is 3. The van der Waals surface area contributed by atoms with Gasteiger partial charge in [0.25, 0.3) is 0 Å². The largest absolute Gasteiger partial charge is 3.00 e. The van der Waals surface area contributed by atoms with E-state index in [4.69, 9.17) is 15.3 Å². The van der Waals surface area contributed by atoms with Crippen LogP contribution in [-0.4, -0.2) is 59.4 Å². The van der Waals surface area contributed by atoms with Crippen molar-refractivity contribution in [1.29, 1.82) is 0 Å². The molecule has 0 aliphatic heterocycles. The van der Waals surface area contributed by atoms with E-state index in [0.717, 1.165) is 0 Å². The average molecular weight is 662 g/mol. The Balaban J connectivity index is 0.000000473. The third-order valence-corrected chi connectivity index (χ3v) is 4.02. The summed E-state index contributed by atoms with van der Waals surface area (Å²) in [6.45, 7) is 0. The quantitative estimate of drug-likeness (QED) is 0.253. The van der Waals surface area contributed by atoms with Crippen LogP contribution >= 0.6 is 0 Å². The number of hydrogen-bond donors (Lipinski definition) is 3. The Hall–Kier alpha value is -3.17. The van der Waals surface area contributed by atoms with Gasteiger partial charge >= 0.3 is 26.2 Å². The van der Waals surface area contributed by atoms with Crippen LogP contribution in [0.3, 0.4) is 0 Å². The van der Waals surface area contributed by atoms with E-state index in [2.05, 4.69) is 0 Å². The normalized spacial score (nSPS) is 12.1. The van der Waals surface area contributed by atoms with E-state index in [-0.39, 0.29) is 26.2 Å². The number of aliphatic hydroxyl groups excluding tert-OH is 3. The molecule has 0 spiro atoms. The smallest absolute Gasteiger partial charge is 0.547 e. The minimum Gasteiger partial charge on any atom is -0.547 e. The van der Waals surface area contributed by atoms with E-state index in [1.54, 1.807) is 54.6 Å². The predicted molar refractivity (Wildman–Crippen MR) is 115 cm³/mol. The molecule has 34 heavy (non-hydrogen) atoms. The Morgan fingerprint density at radius 3 is 0.794 bits per heavy atom. The summed E-state index contributed by atoms with van der Waals surface area (Å²) in [5.74, 6) is -4.43. The number of carbonyl (C=O) groups is 3. The Morgan fingerprint density at radius 1 is 0.471 bits per heavy atom. The van der Waals surface area contributed by atoms with E-state index in [9.17, 15) is 29.7 Å². The van der Waals surface area contributed by atoms with Gasteiger partial charge in [0.1, 0.15) is 18.3 Å². The van der Waals surface area contributed by atoms with Crippen LogP contribution in [0.4, 0.5) is 0 Å². The number of aliphatic carboxylic acids is 3. The summed E-state index contributed by atoms with van der Waals surface area (Å²) in [5, 5.41) is 57.2. The molecule has 0 saturated carbocycles. The molecule has 2 radical (unpaired) electrons. The first kappa shape index (κ1) is 30.8. The Labute approximate surface area is 214 Å². The van der Waals surface area contributed by atoms with Gasteiger partial charge in [-0.15, -0.1) is 0 Å². The molecule has 3 aromatic rings. The van der Waals surface area contributed by atoms with Gasteiger partial charge in [-0.25, -0.2) is 0 Å². The molecule has 3 atom stereocenters. The maximum absolute atomic E-state index is 10.1. The molecule has 176 valence electrons. The fourth-order valence-electron chi connectivity index (χ4n) is 2.31. The number of carboxylic acid groups (broad SMARTS) is 3. The zero-order valence-corrected chi connectivity index (χ0v) is 21.1. The minimum atomic E-state index is -1.52. The van der Waals surface area contributed by atoms with Crippen LogP contribution in [0.2, 0.25) is 0 Å². The summed E-state index contributed by atoms with van der Waals surface area (Å²) in [6.07, 6.45) is -4.55. The van der Waals surface area contributed by atoms with Gasteiger partial charge in [-0.2, -0.15) is 0 Å². The van der Waals surface area contributed by atoms with Gasteiger partial charge in [-0.3, -0.25) is 0 Å². The zero-order chi connectivity index (χ0) is 24.8. The van der Waals surface area contributed by atoms with Gasteiger partial charge in [0.05, 0.1) is 17.9 Å². The summed E-state index contributed by atoms with van der Waals surface area (Å²) in [4.78, 5) is 30.4. The van der Waals surface area contributed by atoms with Crippen molar-refractivity contribution in [3.05, 3.63) is 108 Å². The van der Waals surface area contributed by atoms with Gasteiger partial charge in [0.2, 0.25) is 0 Å². The van der Waals surface area contributed by atoms with Crippen LogP contribution in [0.25, 0.3) is 0 Å². The number of aliphatic hydroxyl groups is 3. The summed E-state index contributed by atoms with van der Waals surface area (Å²) in [5.41, 5.74) is 1.02. The van der Waals surface area contributed by atoms with Crippen LogP contribution in [0.5, 0.6) is 0 Å². The molecule has 0 aromatic heterocycles. The minimum absolute atomic E-state index is 0. The molecule has 3 aromatic carbocycles. The number of rotatable bonds is 6. The second kappa shape index (κ2) is 16.4. The Bertz CT molecular complexity index is 867. The van der Waals surface area contributed by atoms with Crippen LogP contribution < -0.4 is 15.3 Å². The van der Waals surface area contributed by atoms with Gasteiger partial charge in [-0.05, 0) is 16.7 Å². The molecule has 0 bridgehead atoms. The average Bonchev–Trinajstić information content (AvgIpc) is 2.84. The van der Waals surface area contributed by atoms with Crippen molar-refractivity contribution in [1.82, 2.24) is 0 Å². The SMILES string of the molecule is O=C([O-])C(O)c1ccccc1.O=C([O-])C(O)c1ccccc1.O=C([O-])C(O)c1ccccc1.[Bi+3]. The van der Waals surface area contributed by atoms with E-state index in [0.29, 0.717) is 16.7 Å². The van der Waals surface area contributed by atoms with Crippen molar-refractivity contribution in [2.45, 2.75) is 18.3 Å². The molecule has 0 fully saturated rings. The molecule has 0 aliphatic carbocycles. The van der Waals surface area contributed by atoms with Gasteiger partial charge < -0.3 is 45.0 Å². The van der Waals surface area contributed by atoms with E-state index in [1.807, 2.05) is 0 Å². The fourth-order valence-corrected chi connectivity index (χ4v) is 2.31. The first-order valence-electron chi connectivity index (χ1n) is 9.46. The van der Waals surface area contributed by atoms with Crippen LogP contribution in [0, 0.1) is 0 Å². The first-order valence-corrected chi connectivity index (χ1v) is 9.46. The third-order valence-electron chi connectivity index (χ3n) is 4.02. The molecule has 10 heteroatoms. The zero-order valence-electron chi connectivity index (χ0n) is 17.6. The number of carbonyl (C=O) groups excluding carboxylic acids is 3. The van der Waals surface area contributed by atoms with Crippen molar-refractivity contribution < 1.29 is 45.0 Å². The molecule has 9 nitrogen and oxygen atoms in total. The first-order chi connectivity index (χ1) is 15.6. The predicted octanol–water partition coefficient (Wildman–Crippen LogP) is -1.97. The molecule has 3 N–H and O–H groups in total. The Kier molecular flexibility index (Phi) is 14.9. The topological polar surface area (TPSA) is 181 Å². The standard InChI is InChI=1S/3C8H8O3.Bi/c3*9-7(8(10)11)6-4-2-1-3-5-6;/h3*1-5,7,9H,(H,10,11);/q;;;+3/p-3. The molecule has 3 rings (SSSR count). The summed E-state index contributed by atoms with van der Waals surface area (Å²) < 4.78 is 0. The van der Waals surface area contributed by atoms with Gasteiger partial charge in [0, 0.05) is 0 Å². The monoisotopic (exact) mass is 662 g/mol. The van der Waals surface area contributed by atoms with E-state index < -0.39 is 36.2 Å². The molecule has 3 unspecified atom stereocenters. The molecule has 0 aliphatic rings. The van der Waals surface area contributed by atoms with Crippen molar-refractivity contribution in [2.24, 2.45) is 0 Å². The van der Waals surface area contributed by atoms with Crippen molar-refractivity contribution in [2.75, 3.05) is 0 Å². The summed E-state index contributed by atoms with van der Waals surface area (Å²) in [6, 6.07) is 24.3. The maximum atomic E-state index is 10.1. The van der Waals surface area contributed by atoms with Crippen molar-refractivity contribution in [3.8, 4) is 0 Å². The van der Waals surface area contributed by atoms with Crippen LogP contribution in [0.1, 0.15) is 35.0 Å². The second-order valence-electron chi connectivity index (χ2n) is 6.40. The molecular formula is C24H21BiO9. The summed E-state index contributed by atoms with van der Waals surface area (Å²) >= 11 is 0. The third kappa shape index (κ3) is 11.1. The summed E-state index contributed by atoms with van der Waals surface area (Å²) in [7, 11) is 0. The van der Waals surface area contributed by atoms with E-state index in [1.165, 1.54) is 36.4 Å². The van der Waals surface area contributed by atoms with Crippen molar-refractivity contribution >= 4 is 44.1 Å². The van der Waals surface area contributed by atoms with E-state index >= 15 is 0 Å². The van der Waals surface area contributed by atoms with Crippen LogP contribution in [0.15, 0.2) is 91.0 Å². The molecule has 0 amide bonds. The number of hydrogen-bond acceptors (Lipinski definition) is 9. The van der Waals surface area contributed by atoms with Crippen molar-refractivity contribution in [3.63, 3.8) is 0 Å². The fraction of sp³-hybridized carbons (Fsp3) is 0.125. The molecule has 0 saturated heterocycles. The number of carboxylic acids is 3. The molecule has 0 heterocycles. The van der Waals surface area contributed by atoms with Crippen LogP contribution in [-0.2, 0) is 14.4 Å². The van der Waals surface area contributed by atoms with Gasteiger partial charge in [-0.1, -0.05) is 91.0 Å². The second-order valence-corrected chi connectivity index (χ2v) is 6.40.